The van der Waals surface area contributed by atoms with E-state index in [2.05, 4.69) is 15.5 Å². The summed E-state index contributed by atoms with van der Waals surface area (Å²) in [5.74, 6) is 1.07. The number of halogens is 1. The molecule has 7 heteroatoms. The number of imide groups is 1. The predicted molar refractivity (Wildman–Crippen MR) is 79.7 cm³/mol. The Labute approximate surface area is 126 Å². The smallest absolute Gasteiger partial charge is 0.321 e. The molecule has 0 spiro atoms. The summed E-state index contributed by atoms with van der Waals surface area (Å²) in [7, 11) is 1.50. The average molecular weight is 305 g/mol. The van der Waals surface area contributed by atoms with E-state index in [9.17, 15) is 9.59 Å². The van der Waals surface area contributed by atoms with Gasteiger partial charge >= 0.3 is 6.03 Å². The fourth-order valence-corrected chi connectivity index (χ4v) is 3.30. The zero-order valence-corrected chi connectivity index (χ0v) is 12.7. The van der Waals surface area contributed by atoms with Crippen molar-refractivity contribution in [1.29, 1.82) is 0 Å². The van der Waals surface area contributed by atoms with Crippen molar-refractivity contribution in [2.45, 2.75) is 31.7 Å². The highest BCUT2D eigenvalue weighted by Crippen LogP contribution is 2.35. The standard InChI is InChI=1S/C13H24N4O2.ClH/c1-15-13(19)16-12(18)5-6-17-7-9-3-2-4-11(14)10(9)8-17;/h9-11H,2-8,14H2,1H3,(H2,15,16,18,19);1H. The predicted octanol–water partition coefficient (Wildman–Crippen LogP) is 0.313. The van der Waals surface area contributed by atoms with Crippen molar-refractivity contribution in [3.05, 3.63) is 0 Å². The van der Waals surface area contributed by atoms with Gasteiger partial charge in [0.25, 0.3) is 0 Å². The number of likely N-dealkylation sites (tertiary alicyclic amines) is 1. The normalized spacial score (nSPS) is 29.2. The monoisotopic (exact) mass is 304 g/mol. The number of urea groups is 1. The Morgan fingerprint density at radius 2 is 2.05 bits per heavy atom. The van der Waals surface area contributed by atoms with Gasteiger partial charge in [0.2, 0.25) is 5.91 Å². The molecule has 1 aliphatic heterocycles. The van der Waals surface area contributed by atoms with E-state index in [-0.39, 0.29) is 18.3 Å². The molecule has 0 bridgehead atoms. The maximum absolute atomic E-state index is 11.5. The lowest BCUT2D eigenvalue weighted by molar-refractivity contribution is -0.120. The fraction of sp³-hybridized carbons (Fsp3) is 0.846. The van der Waals surface area contributed by atoms with Crippen LogP contribution in [0.4, 0.5) is 4.79 Å². The van der Waals surface area contributed by atoms with Gasteiger partial charge in [-0.2, -0.15) is 0 Å². The number of hydrogen-bond acceptors (Lipinski definition) is 4. The minimum Gasteiger partial charge on any atom is -0.341 e. The molecule has 4 N–H and O–H groups in total. The van der Waals surface area contributed by atoms with Crippen molar-refractivity contribution < 1.29 is 9.59 Å². The quantitative estimate of drug-likeness (QED) is 0.700. The highest BCUT2D eigenvalue weighted by Gasteiger charge is 2.38. The Morgan fingerprint density at radius 3 is 2.70 bits per heavy atom. The molecule has 0 aromatic rings. The van der Waals surface area contributed by atoms with E-state index in [1.807, 2.05) is 0 Å². The van der Waals surface area contributed by atoms with E-state index < -0.39 is 6.03 Å². The molecule has 0 radical (unpaired) electrons. The van der Waals surface area contributed by atoms with Gasteiger partial charge in [0.15, 0.2) is 0 Å². The molecular formula is C13H25ClN4O2. The summed E-state index contributed by atoms with van der Waals surface area (Å²) in [5.41, 5.74) is 6.16. The van der Waals surface area contributed by atoms with Crippen LogP contribution in [-0.4, -0.2) is 49.6 Å². The van der Waals surface area contributed by atoms with Crippen LogP contribution in [0.5, 0.6) is 0 Å². The Hall–Kier alpha value is -0.850. The average Bonchev–Trinajstić information content (AvgIpc) is 2.81. The molecule has 1 saturated carbocycles. The molecule has 2 aliphatic rings. The van der Waals surface area contributed by atoms with E-state index in [1.165, 1.54) is 19.9 Å². The second-order valence-corrected chi connectivity index (χ2v) is 5.66. The van der Waals surface area contributed by atoms with Crippen LogP contribution in [0, 0.1) is 11.8 Å². The van der Waals surface area contributed by atoms with Crippen LogP contribution < -0.4 is 16.4 Å². The number of rotatable bonds is 3. The van der Waals surface area contributed by atoms with Gasteiger partial charge in [-0.3, -0.25) is 10.1 Å². The summed E-state index contributed by atoms with van der Waals surface area (Å²) < 4.78 is 0. The fourth-order valence-electron chi connectivity index (χ4n) is 3.30. The molecule has 1 heterocycles. The van der Waals surface area contributed by atoms with Crippen LogP contribution in [0.1, 0.15) is 25.7 Å². The SMILES string of the molecule is CNC(=O)NC(=O)CCN1CC2CCCC(N)C2C1.Cl. The molecule has 0 aromatic carbocycles. The molecule has 3 atom stereocenters. The van der Waals surface area contributed by atoms with Crippen LogP contribution in [0.25, 0.3) is 0 Å². The van der Waals surface area contributed by atoms with Crippen molar-refractivity contribution in [2.24, 2.45) is 17.6 Å². The second kappa shape index (κ2) is 7.81. The zero-order chi connectivity index (χ0) is 13.8. The Balaban J connectivity index is 0.00000200. The second-order valence-electron chi connectivity index (χ2n) is 5.66. The highest BCUT2D eigenvalue weighted by molar-refractivity contribution is 5.94. The van der Waals surface area contributed by atoms with Crippen LogP contribution in [0.15, 0.2) is 0 Å². The molecule has 1 aliphatic carbocycles. The number of carbonyl (C=O) groups is 2. The van der Waals surface area contributed by atoms with Gasteiger partial charge in [0.1, 0.15) is 0 Å². The highest BCUT2D eigenvalue weighted by atomic mass is 35.5. The molecule has 6 nitrogen and oxygen atoms in total. The van der Waals surface area contributed by atoms with Gasteiger partial charge in [-0.25, -0.2) is 4.79 Å². The summed E-state index contributed by atoms with van der Waals surface area (Å²) in [5, 5.41) is 4.65. The number of nitrogens with two attached hydrogens (primary N) is 1. The first kappa shape index (κ1) is 17.2. The van der Waals surface area contributed by atoms with E-state index in [0.717, 1.165) is 19.5 Å². The molecule has 116 valence electrons. The number of nitrogens with one attached hydrogen (secondary N) is 2. The lowest BCUT2D eigenvalue weighted by Crippen LogP contribution is -2.39. The Morgan fingerprint density at radius 1 is 1.30 bits per heavy atom. The molecule has 0 aromatic heterocycles. The summed E-state index contributed by atoms with van der Waals surface area (Å²) in [4.78, 5) is 24.8. The summed E-state index contributed by atoms with van der Waals surface area (Å²) in [6, 6.07) is -0.120. The van der Waals surface area contributed by atoms with Gasteiger partial charge in [-0.15, -0.1) is 12.4 Å². The maximum atomic E-state index is 11.5. The number of fused-ring (bicyclic) bond motifs is 1. The van der Waals surface area contributed by atoms with Gasteiger partial charge < -0.3 is 16.0 Å². The molecule has 20 heavy (non-hydrogen) atoms. The van der Waals surface area contributed by atoms with Crippen LogP contribution in [0.2, 0.25) is 0 Å². The minimum atomic E-state index is -0.442. The van der Waals surface area contributed by atoms with Crippen molar-refractivity contribution in [3.8, 4) is 0 Å². The van der Waals surface area contributed by atoms with Crippen molar-refractivity contribution in [1.82, 2.24) is 15.5 Å². The van der Waals surface area contributed by atoms with Crippen LogP contribution >= 0.6 is 12.4 Å². The first-order valence-electron chi connectivity index (χ1n) is 7.09. The van der Waals surface area contributed by atoms with Crippen LogP contribution in [-0.2, 0) is 4.79 Å². The molecule has 2 rings (SSSR count). The first-order valence-corrected chi connectivity index (χ1v) is 7.09. The topological polar surface area (TPSA) is 87.5 Å². The molecule has 3 amide bonds. The molecule has 2 fully saturated rings. The molecule has 3 unspecified atom stereocenters. The summed E-state index contributed by atoms with van der Waals surface area (Å²) >= 11 is 0. The van der Waals surface area contributed by atoms with E-state index in [1.54, 1.807) is 0 Å². The summed E-state index contributed by atoms with van der Waals surface area (Å²) in [6.45, 7) is 2.76. The third-order valence-corrected chi connectivity index (χ3v) is 4.36. The minimum absolute atomic E-state index is 0. The van der Waals surface area contributed by atoms with Crippen molar-refractivity contribution in [2.75, 3.05) is 26.7 Å². The molecule has 1 saturated heterocycles. The van der Waals surface area contributed by atoms with Crippen LogP contribution in [0.3, 0.4) is 0 Å². The van der Waals surface area contributed by atoms with Gasteiger partial charge in [-0.1, -0.05) is 6.42 Å². The third-order valence-electron chi connectivity index (χ3n) is 4.36. The number of carbonyl (C=O) groups excluding carboxylic acids is 2. The van der Waals surface area contributed by atoms with Gasteiger partial charge in [0.05, 0.1) is 0 Å². The maximum Gasteiger partial charge on any atom is 0.321 e. The lowest BCUT2D eigenvalue weighted by Gasteiger charge is -2.29. The lowest BCUT2D eigenvalue weighted by atomic mass is 9.78. The number of hydrogen-bond donors (Lipinski definition) is 3. The number of nitrogens with zero attached hydrogens (tertiary/aromatic N) is 1. The first-order chi connectivity index (χ1) is 9.10. The largest absolute Gasteiger partial charge is 0.341 e. The van der Waals surface area contributed by atoms with Crippen molar-refractivity contribution in [3.63, 3.8) is 0 Å². The third kappa shape index (κ3) is 4.33. The number of amides is 3. The van der Waals surface area contributed by atoms with Crippen molar-refractivity contribution >= 4 is 24.3 Å². The van der Waals surface area contributed by atoms with E-state index in [0.29, 0.717) is 30.8 Å². The van der Waals surface area contributed by atoms with E-state index in [4.69, 9.17) is 5.73 Å². The van der Waals surface area contributed by atoms with Gasteiger partial charge in [-0.05, 0) is 24.7 Å². The zero-order valence-electron chi connectivity index (χ0n) is 11.9. The Kier molecular flexibility index (Phi) is 6.71. The Bertz CT molecular complexity index is 353. The van der Waals surface area contributed by atoms with Gasteiger partial charge in [0, 0.05) is 39.1 Å². The van der Waals surface area contributed by atoms with E-state index >= 15 is 0 Å². The summed E-state index contributed by atoms with van der Waals surface area (Å²) in [6.07, 6.45) is 3.99. The molecular weight excluding hydrogens is 280 g/mol.